The predicted molar refractivity (Wildman–Crippen MR) is 61.5 cm³/mol. The van der Waals surface area contributed by atoms with Crippen LogP contribution in [0.15, 0.2) is 36.7 Å². The predicted octanol–water partition coefficient (Wildman–Crippen LogP) is 3.41. The Labute approximate surface area is 94.2 Å². The fourth-order valence-corrected chi connectivity index (χ4v) is 1.66. The Hall–Kier alpha value is -1.77. The zero-order chi connectivity index (χ0) is 11.5. The van der Waals surface area contributed by atoms with Gasteiger partial charge in [0.05, 0.1) is 0 Å². The maximum Gasteiger partial charge on any atom is 0.159 e. The third kappa shape index (κ3) is 2.08. The topological polar surface area (TPSA) is 25.8 Å². The summed E-state index contributed by atoms with van der Waals surface area (Å²) < 4.78 is 13.2. The molecule has 0 saturated heterocycles. The van der Waals surface area contributed by atoms with Gasteiger partial charge in [-0.05, 0) is 29.7 Å². The summed E-state index contributed by atoms with van der Waals surface area (Å²) in [5, 5.41) is 0. The van der Waals surface area contributed by atoms with Gasteiger partial charge in [0.2, 0.25) is 0 Å². The summed E-state index contributed by atoms with van der Waals surface area (Å²) in [6, 6.07) is 6.51. The van der Waals surface area contributed by atoms with Crippen molar-refractivity contribution < 1.29 is 4.39 Å². The van der Waals surface area contributed by atoms with Crippen molar-refractivity contribution in [2.75, 3.05) is 0 Å². The zero-order valence-electron chi connectivity index (χ0n) is 9.31. The summed E-state index contributed by atoms with van der Waals surface area (Å²) in [6.45, 7) is 4.14. The van der Waals surface area contributed by atoms with E-state index < -0.39 is 0 Å². The summed E-state index contributed by atoms with van der Waals surface area (Å²) in [5.41, 5.74) is 1.84. The van der Waals surface area contributed by atoms with Crippen LogP contribution in [0, 0.1) is 5.82 Å². The quantitative estimate of drug-likeness (QED) is 0.768. The van der Waals surface area contributed by atoms with Crippen molar-refractivity contribution in [1.29, 1.82) is 0 Å². The van der Waals surface area contributed by atoms with Crippen LogP contribution in [0.5, 0.6) is 0 Å². The van der Waals surface area contributed by atoms with E-state index in [-0.39, 0.29) is 5.82 Å². The zero-order valence-corrected chi connectivity index (χ0v) is 9.31. The number of halogens is 1. The normalized spacial score (nSPS) is 10.8. The molecule has 0 aliphatic heterocycles. The van der Waals surface area contributed by atoms with E-state index in [1.54, 1.807) is 24.5 Å². The van der Waals surface area contributed by atoms with Crippen LogP contribution < -0.4 is 0 Å². The molecule has 0 spiro atoms. The van der Waals surface area contributed by atoms with Crippen LogP contribution in [-0.4, -0.2) is 9.97 Å². The molecule has 3 heteroatoms. The average molecular weight is 216 g/mol. The van der Waals surface area contributed by atoms with Crippen molar-refractivity contribution in [3.8, 4) is 11.4 Å². The second kappa shape index (κ2) is 4.39. The lowest BCUT2D eigenvalue weighted by Gasteiger charge is -2.11. The number of benzene rings is 1. The molecule has 0 fully saturated rings. The van der Waals surface area contributed by atoms with Crippen LogP contribution in [-0.2, 0) is 0 Å². The molecule has 2 aromatic rings. The molecule has 0 unspecified atom stereocenters. The van der Waals surface area contributed by atoms with E-state index in [4.69, 9.17) is 0 Å². The number of aromatic nitrogens is 2. The minimum Gasteiger partial charge on any atom is -0.237 e. The highest BCUT2D eigenvalue weighted by Crippen LogP contribution is 2.27. The maximum absolute atomic E-state index is 13.2. The molecule has 0 atom stereocenters. The van der Waals surface area contributed by atoms with Crippen molar-refractivity contribution in [3.05, 3.63) is 48.0 Å². The number of hydrogen-bond donors (Lipinski definition) is 0. The van der Waals surface area contributed by atoms with Crippen LogP contribution in [0.25, 0.3) is 11.4 Å². The molecule has 1 heterocycles. The van der Waals surface area contributed by atoms with Gasteiger partial charge in [0.15, 0.2) is 5.82 Å². The van der Waals surface area contributed by atoms with Gasteiger partial charge in [0.1, 0.15) is 5.82 Å². The Morgan fingerprint density at radius 2 is 1.81 bits per heavy atom. The molecule has 16 heavy (non-hydrogen) atoms. The third-order valence-corrected chi connectivity index (χ3v) is 2.44. The maximum atomic E-state index is 13.2. The number of hydrogen-bond acceptors (Lipinski definition) is 2. The molecule has 2 nitrogen and oxygen atoms in total. The molecule has 0 amide bonds. The highest BCUT2D eigenvalue weighted by molar-refractivity contribution is 5.60. The molecule has 0 saturated carbocycles. The van der Waals surface area contributed by atoms with E-state index in [0.29, 0.717) is 11.7 Å². The lowest BCUT2D eigenvalue weighted by Crippen LogP contribution is -1.96. The second-order valence-corrected chi connectivity index (χ2v) is 3.96. The summed E-state index contributed by atoms with van der Waals surface area (Å²) in [7, 11) is 0. The highest BCUT2D eigenvalue weighted by Gasteiger charge is 2.11. The average Bonchev–Trinajstić information content (AvgIpc) is 2.29. The summed E-state index contributed by atoms with van der Waals surface area (Å²) in [5.74, 6) is 0.636. The Kier molecular flexibility index (Phi) is 2.95. The van der Waals surface area contributed by atoms with Gasteiger partial charge >= 0.3 is 0 Å². The first-order valence-corrected chi connectivity index (χ1v) is 5.25. The van der Waals surface area contributed by atoms with Gasteiger partial charge < -0.3 is 0 Å². The third-order valence-electron chi connectivity index (χ3n) is 2.44. The molecule has 0 radical (unpaired) electrons. The molecule has 0 bridgehead atoms. The van der Waals surface area contributed by atoms with E-state index in [9.17, 15) is 4.39 Å². The summed E-state index contributed by atoms with van der Waals surface area (Å²) in [4.78, 5) is 8.31. The molecule has 1 aromatic heterocycles. The second-order valence-electron chi connectivity index (χ2n) is 3.96. The standard InChI is InChI=1S/C13H13FN2/c1-9(2)11-5-4-10(14)8-12(11)13-15-6-3-7-16-13/h3-9H,1-2H3. The smallest absolute Gasteiger partial charge is 0.159 e. The van der Waals surface area contributed by atoms with E-state index in [1.165, 1.54) is 12.1 Å². The van der Waals surface area contributed by atoms with Crippen LogP contribution in [0.2, 0.25) is 0 Å². The molecular weight excluding hydrogens is 203 g/mol. The summed E-state index contributed by atoms with van der Waals surface area (Å²) in [6.07, 6.45) is 3.33. The highest BCUT2D eigenvalue weighted by atomic mass is 19.1. The fourth-order valence-electron chi connectivity index (χ4n) is 1.66. The van der Waals surface area contributed by atoms with E-state index >= 15 is 0 Å². The Morgan fingerprint density at radius 1 is 1.12 bits per heavy atom. The van der Waals surface area contributed by atoms with E-state index in [1.807, 2.05) is 0 Å². The lowest BCUT2D eigenvalue weighted by molar-refractivity contribution is 0.626. The molecule has 0 aliphatic carbocycles. The van der Waals surface area contributed by atoms with E-state index in [2.05, 4.69) is 23.8 Å². The van der Waals surface area contributed by atoms with Gasteiger partial charge in [-0.15, -0.1) is 0 Å². The van der Waals surface area contributed by atoms with Crippen molar-refractivity contribution in [2.45, 2.75) is 19.8 Å². The van der Waals surface area contributed by atoms with Gasteiger partial charge in [-0.1, -0.05) is 19.9 Å². The molecular formula is C13H13FN2. The minimum atomic E-state index is -0.258. The van der Waals surface area contributed by atoms with Crippen molar-refractivity contribution in [3.63, 3.8) is 0 Å². The molecule has 0 N–H and O–H groups in total. The first kappa shape index (κ1) is 10.7. The van der Waals surface area contributed by atoms with E-state index in [0.717, 1.165) is 11.1 Å². The van der Waals surface area contributed by atoms with Gasteiger partial charge in [0.25, 0.3) is 0 Å². The first-order chi connectivity index (χ1) is 7.68. The molecule has 2 rings (SSSR count). The lowest BCUT2D eigenvalue weighted by atomic mass is 9.96. The fraction of sp³-hybridized carbons (Fsp3) is 0.231. The van der Waals surface area contributed by atoms with Crippen LogP contribution >= 0.6 is 0 Å². The van der Waals surface area contributed by atoms with Gasteiger partial charge in [0, 0.05) is 18.0 Å². The van der Waals surface area contributed by atoms with Crippen LogP contribution in [0.1, 0.15) is 25.3 Å². The minimum absolute atomic E-state index is 0.258. The molecule has 82 valence electrons. The molecule has 1 aromatic carbocycles. The van der Waals surface area contributed by atoms with Crippen molar-refractivity contribution in [1.82, 2.24) is 9.97 Å². The monoisotopic (exact) mass is 216 g/mol. The Balaban J connectivity index is 2.58. The van der Waals surface area contributed by atoms with Gasteiger partial charge in [-0.25, -0.2) is 14.4 Å². The Bertz CT molecular complexity index is 481. The van der Waals surface area contributed by atoms with Crippen molar-refractivity contribution >= 4 is 0 Å². The van der Waals surface area contributed by atoms with Crippen molar-refractivity contribution in [2.24, 2.45) is 0 Å². The largest absolute Gasteiger partial charge is 0.237 e. The number of nitrogens with zero attached hydrogens (tertiary/aromatic N) is 2. The Morgan fingerprint density at radius 3 is 2.44 bits per heavy atom. The number of rotatable bonds is 2. The van der Waals surface area contributed by atoms with Crippen LogP contribution in [0.3, 0.4) is 0 Å². The summed E-state index contributed by atoms with van der Waals surface area (Å²) >= 11 is 0. The van der Waals surface area contributed by atoms with Gasteiger partial charge in [-0.2, -0.15) is 0 Å². The molecule has 0 aliphatic rings. The van der Waals surface area contributed by atoms with Crippen LogP contribution in [0.4, 0.5) is 4.39 Å². The van der Waals surface area contributed by atoms with Gasteiger partial charge in [-0.3, -0.25) is 0 Å². The first-order valence-electron chi connectivity index (χ1n) is 5.25. The SMILES string of the molecule is CC(C)c1ccc(F)cc1-c1ncccn1.